The Labute approximate surface area is 169 Å². The Kier molecular flexibility index (Phi) is 5.37. The molecule has 2 fully saturated rings. The van der Waals surface area contributed by atoms with Crippen molar-refractivity contribution in [1.82, 2.24) is 19.1 Å². The van der Waals surface area contributed by atoms with Gasteiger partial charge in [-0.1, -0.05) is 0 Å². The molecule has 0 radical (unpaired) electrons. The van der Waals surface area contributed by atoms with Crippen molar-refractivity contribution in [3.8, 4) is 0 Å². The van der Waals surface area contributed by atoms with Gasteiger partial charge in [0.25, 0.3) is 5.91 Å². The number of likely N-dealkylation sites (tertiary alicyclic amines) is 1. The molecule has 0 aliphatic carbocycles. The number of furan rings is 1. The normalized spacial score (nSPS) is 20.8. The summed E-state index contributed by atoms with van der Waals surface area (Å²) in [7, 11) is -3.63. The quantitative estimate of drug-likeness (QED) is 0.728. The molecule has 0 saturated carbocycles. The summed E-state index contributed by atoms with van der Waals surface area (Å²) in [4.78, 5) is 32.9. The van der Waals surface area contributed by atoms with Crippen LogP contribution in [-0.4, -0.2) is 78.1 Å². The summed E-state index contributed by atoms with van der Waals surface area (Å²) in [6.07, 6.45) is 5.62. The molecule has 10 heteroatoms. The molecule has 0 spiro atoms. The number of carbonyl (C=O) groups excluding carboxylic acids is 2. The second kappa shape index (κ2) is 7.96. The lowest BCUT2D eigenvalue weighted by Gasteiger charge is -2.36. The Balaban J connectivity index is 1.41. The molecule has 2 aliphatic rings. The second-order valence-electron chi connectivity index (χ2n) is 7.05. The number of sulfonamides is 1. The Morgan fingerprint density at radius 2 is 1.86 bits per heavy atom. The van der Waals surface area contributed by atoms with E-state index in [-0.39, 0.29) is 48.6 Å². The molecule has 0 bridgehead atoms. The summed E-state index contributed by atoms with van der Waals surface area (Å²) in [6, 6.07) is 5.79. The fraction of sp³-hybridized carbons (Fsp3) is 0.421. The van der Waals surface area contributed by atoms with Gasteiger partial charge in [-0.15, -0.1) is 0 Å². The third-order valence-corrected chi connectivity index (χ3v) is 7.24. The topological polar surface area (TPSA) is 104 Å². The van der Waals surface area contributed by atoms with E-state index in [4.69, 9.17) is 4.42 Å². The van der Waals surface area contributed by atoms with Gasteiger partial charge in [0.05, 0.1) is 6.26 Å². The molecule has 9 nitrogen and oxygen atoms in total. The summed E-state index contributed by atoms with van der Waals surface area (Å²) in [6.45, 7) is 1.50. The monoisotopic (exact) mass is 418 g/mol. The molecule has 2 amide bonds. The lowest BCUT2D eigenvalue weighted by Crippen LogP contribution is -2.55. The van der Waals surface area contributed by atoms with Crippen LogP contribution in [0.5, 0.6) is 0 Å². The highest BCUT2D eigenvalue weighted by molar-refractivity contribution is 7.89. The first kappa shape index (κ1) is 19.6. The fourth-order valence-electron chi connectivity index (χ4n) is 3.82. The average Bonchev–Trinajstić information content (AvgIpc) is 3.46. The Morgan fingerprint density at radius 3 is 2.52 bits per heavy atom. The van der Waals surface area contributed by atoms with Gasteiger partial charge in [-0.25, -0.2) is 8.42 Å². The first-order chi connectivity index (χ1) is 14.0. The maximum absolute atomic E-state index is 13.0. The summed E-state index contributed by atoms with van der Waals surface area (Å²) in [5.41, 5.74) is 0. The van der Waals surface area contributed by atoms with Gasteiger partial charge in [-0.3, -0.25) is 14.6 Å². The minimum Gasteiger partial charge on any atom is -0.459 e. The van der Waals surface area contributed by atoms with E-state index < -0.39 is 16.1 Å². The zero-order valence-corrected chi connectivity index (χ0v) is 16.6. The van der Waals surface area contributed by atoms with Crippen LogP contribution in [0, 0.1) is 0 Å². The molecule has 2 aromatic heterocycles. The van der Waals surface area contributed by atoms with Crippen LogP contribution in [0.4, 0.5) is 0 Å². The van der Waals surface area contributed by atoms with Crippen LogP contribution in [0.25, 0.3) is 0 Å². The lowest BCUT2D eigenvalue weighted by molar-refractivity contribution is -0.136. The molecule has 0 N–H and O–H groups in total. The summed E-state index contributed by atoms with van der Waals surface area (Å²) in [5, 5.41) is 0. The first-order valence-electron chi connectivity index (χ1n) is 9.52. The second-order valence-corrected chi connectivity index (χ2v) is 8.99. The number of hydrogen-bond acceptors (Lipinski definition) is 6. The van der Waals surface area contributed by atoms with Crippen LogP contribution in [0.1, 0.15) is 23.4 Å². The molecule has 2 aromatic rings. The van der Waals surface area contributed by atoms with Crippen LogP contribution in [0.15, 0.2) is 52.2 Å². The highest BCUT2D eigenvalue weighted by Gasteiger charge is 2.39. The highest BCUT2D eigenvalue weighted by atomic mass is 32.2. The molecule has 0 aromatic carbocycles. The van der Waals surface area contributed by atoms with Gasteiger partial charge in [0, 0.05) is 45.1 Å². The van der Waals surface area contributed by atoms with Crippen molar-refractivity contribution >= 4 is 21.8 Å². The predicted molar refractivity (Wildman–Crippen MR) is 102 cm³/mol. The van der Waals surface area contributed by atoms with E-state index in [9.17, 15) is 18.0 Å². The van der Waals surface area contributed by atoms with Crippen molar-refractivity contribution in [1.29, 1.82) is 0 Å². The number of carbonyl (C=O) groups is 2. The van der Waals surface area contributed by atoms with Crippen molar-refractivity contribution in [3.05, 3.63) is 48.7 Å². The number of aromatic nitrogens is 1. The number of amides is 2. The number of pyridine rings is 1. The lowest BCUT2D eigenvalue weighted by atomic mass is 10.1. The van der Waals surface area contributed by atoms with E-state index in [0.29, 0.717) is 13.0 Å². The summed E-state index contributed by atoms with van der Waals surface area (Å²) < 4.78 is 32.0. The Hall–Kier alpha value is -2.72. The molecule has 2 aliphatic heterocycles. The Morgan fingerprint density at radius 1 is 1.07 bits per heavy atom. The van der Waals surface area contributed by atoms with E-state index in [0.717, 1.165) is 6.42 Å². The minimum absolute atomic E-state index is 0.138. The van der Waals surface area contributed by atoms with Gasteiger partial charge in [-0.2, -0.15) is 4.31 Å². The molecular formula is C19H22N4O5S. The standard InChI is InChI=1S/C19H22N4O5S/c24-18(16-5-2-8-23(16)19(25)17-6-3-13-28-17)21-9-11-22(12-10-21)29(26,27)15-4-1-7-20-14-15/h1,3-4,6-7,13-14,16H,2,5,8-12H2. The third-order valence-electron chi connectivity index (χ3n) is 5.35. The van der Waals surface area contributed by atoms with Gasteiger partial charge >= 0.3 is 0 Å². The first-order valence-corrected chi connectivity index (χ1v) is 11.0. The molecule has 154 valence electrons. The SMILES string of the molecule is O=C(C1CCCN1C(=O)c1ccco1)N1CCN(S(=O)(=O)c2cccnc2)CC1. The van der Waals surface area contributed by atoms with Crippen molar-refractivity contribution in [2.75, 3.05) is 32.7 Å². The van der Waals surface area contributed by atoms with Gasteiger partial charge in [0.2, 0.25) is 15.9 Å². The predicted octanol–water partition coefficient (Wildman–Crippen LogP) is 0.812. The number of rotatable bonds is 4. The number of hydrogen-bond donors (Lipinski definition) is 0. The zero-order chi connectivity index (χ0) is 20.4. The molecule has 1 atom stereocenters. The zero-order valence-electron chi connectivity index (χ0n) is 15.8. The molecule has 1 unspecified atom stereocenters. The van der Waals surface area contributed by atoms with Gasteiger partial charge in [0.1, 0.15) is 10.9 Å². The van der Waals surface area contributed by atoms with E-state index in [2.05, 4.69) is 4.98 Å². The molecule has 2 saturated heterocycles. The van der Waals surface area contributed by atoms with Crippen molar-refractivity contribution in [2.24, 2.45) is 0 Å². The molecule has 4 heterocycles. The maximum atomic E-state index is 13.0. The van der Waals surface area contributed by atoms with Crippen LogP contribution < -0.4 is 0 Å². The maximum Gasteiger partial charge on any atom is 0.290 e. The van der Waals surface area contributed by atoms with E-state index in [1.54, 1.807) is 28.0 Å². The highest BCUT2D eigenvalue weighted by Crippen LogP contribution is 2.24. The average molecular weight is 418 g/mol. The molecule has 4 rings (SSSR count). The number of piperazine rings is 1. The largest absolute Gasteiger partial charge is 0.459 e. The Bertz CT molecular complexity index is 969. The smallest absolute Gasteiger partial charge is 0.290 e. The fourth-order valence-corrected chi connectivity index (χ4v) is 5.20. The minimum atomic E-state index is -3.63. The van der Waals surface area contributed by atoms with Crippen molar-refractivity contribution < 1.29 is 22.4 Å². The van der Waals surface area contributed by atoms with Crippen LogP contribution in [0.2, 0.25) is 0 Å². The summed E-state index contributed by atoms with van der Waals surface area (Å²) >= 11 is 0. The van der Waals surface area contributed by atoms with Crippen LogP contribution >= 0.6 is 0 Å². The number of nitrogens with zero attached hydrogens (tertiary/aromatic N) is 4. The van der Waals surface area contributed by atoms with Gasteiger partial charge in [-0.05, 0) is 37.1 Å². The van der Waals surface area contributed by atoms with E-state index in [1.807, 2.05) is 0 Å². The van der Waals surface area contributed by atoms with Gasteiger partial charge < -0.3 is 14.2 Å². The van der Waals surface area contributed by atoms with E-state index >= 15 is 0 Å². The summed E-state index contributed by atoms with van der Waals surface area (Å²) in [5.74, 6) is -0.207. The van der Waals surface area contributed by atoms with E-state index in [1.165, 1.54) is 29.0 Å². The van der Waals surface area contributed by atoms with Crippen LogP contribution in [0.3, 0.4) is 0 Å². The molecular weight excluding hydrogens is 396 g/mol. The van der Waals surface area contributed by atoms with Crippen molar-refractivity contribution in [2.45, 2.75) is 23.8 Å². The third kappa shape index (κ3) is 3.77. The van der Waals surface area contributed by atoms with Crippen molar-refractivity contribution in [3.63, 3.8) is 0 Å². The van der Waals surface area contributed by atoms with Crippen LogP contribution in [-0.2, 0) is 14.8 Å². The van der Waals surface area contributed by atoms with Gasteiger partial charge in [0.15, 0.2) is 5.76 Å². The molecule has 29 heavy (non-hydrogen) atoms.